The van der Waals surface area contributed by atoms with Crippen molar-refractivity contribution in [2.45, 2.75) is 32.1 Å². The predicted octanol–water partition coefficient (Wildman–Crippen LogP) is 1.49. The van der Waals surface area contributed by atoms with Crippen molar-refractivity contribution in [3.63, 3.8) is 0 Å². The molecule has 13 heavy (non-hydrogen) atoms. The van der Waals surface area contributed by atoms with Crippen molar-refractivity contribution in [1.29, 1.82) is 0 Å². The van der Waals surface area contributed by atoms with Gasteiger partial charge in [-0.1, -0.05) is 5.16 Å². The monoisotopic (exact) mass is 181 g/mol. The summed E-state index contributed by atoms with van der Waals surface area (Å²) in [6.07, 6.45) is 1.90. The van der Waals surface area contributed by atoms with Crippen molar-refractivity contribution in [2.75, 3.05) is 0 Å². The summed E-state index contributed by atoms with van der Waals surface area (Å²) in [5.74, 6) is 0.237. The third-order valence-corrected chi connectivity index (χ3v) is 2.53. The lowest BCUT2D eigenvalue weighted by molar-refractivity contribution is -0.137. The van der Waals surface area contributed by atoms with Crippen molar-refractivity contribution >= 4 is 5.97 Å². The fourth-order valence-electron chi connectivity index (χ4n) is 1.99. The van der Waals surface area contributed by atoms with Crippen LogP contribution >= 0.6 is 0 Å². The summed E-state index contributed by atoms with van der Waals surface area (Å²) >= 11 is 0. The average molecular weight is 181 g/mol. The maximum atomic E-state index is 10.5. The molecule has 1 aliphatic carbocycles. The lowest BCUT2D eigenvalue weighted by atomic mass is 9.98. The van der Waals surface area contributed by atoms with Gasteiger partial charge in [-0.05, 0) is 13.3 Å². The van der Waals surface area contributed by atoms with Crippen LogP contribution in [0, 0.1) is 6.92 Å². The molecule has 1 heterocycles. The Labute approximate surface area is 75.5 Å². The number of aromatic nitrogens is 1. The molecule has 1 aliphatic rings. The van der Waals surface area contributed by atoms with Gasteiger partial charge in [-0.3, -0.25) is 4.79 Å². The van der Waals surface area contributed by atoms with E-state index in [9.17, 15) is 4.79 Å². The third kappa shape index (κ3) is 1.32. The maximum absolute atomic E-state index is 10.5. The van der Waals surface area contributed by atoms with Gasteiger partial charge in [-0.25, -0.2) is 0 Å². The molecular formula is C9H11NO3. The highest BCUT2D eigenvalue weighted by Crippen LogP contribution is 2.37. The molecule has 0 saturated heterocycles. The quantitative estimate of drug-likeness (QED) is 0.750. The summed E-state index contributed by atoms with van der Waals surface area (Å²) in [7, 11) is 0. The molecule has 0 fully saturated rings. The highest BCUT2D eigenvalue weighted by molar-refractivity contribution is 5.68. The molecule has 0 spiro atoms. The van der Waals surface area contributed by atoms with Gasteiger partial charge in [0.05, 0.1) is 12.1 Å². The van der Waals surface area contributed by atoms with Crippen molar-refractivity contribution < 1.29 is 14.4 Å². The van der Waals surface area contributed by atoms with E-state index in [1.807, 2.05) is 6.92 Å². The molecule has 0 saturated carbocycles. The lowest BCUT2D eigenvalue weighted by Crippen LogP contribution is -2.03. The lowest BCUT2D eigenvalue weighted by Gasteiger charge is -2.05. The van der Waals surface area contributed by atoms with Crippen LogP contribution in [-0.4, -0.2) is 16.2 Å². The molecule has 0 bridgehead atoms. The fraction of sp³-hybridized carbons (Fsp3) is 0.556. The van der Waals surface area contributed by atoms with E-state index in [4.69, 9.17) is 9.63 Å². The first-order chi connectivity index (χ1) is 6.18. The molecule has 1 atom stereocenters. The zero-order valence-corrected chi connectivity index (χ0v) is 7.41. The summed E-state index contributed by atoms with van der Waals surface area (Å²) in [5, 5.41) is 12.5. The van der Waals surface area contributed by atoms with Crippen molar-refractivity contribution in [3.05, 3.63) is 17.0 Å². The summed E-state index contributed by atoms with van der Waals surface area (Å²) in [6.45, 7) is 1.86. The summed E-state index contributed by atoms with van der Waals surface area (Å²) in [5.41, 5.74) is 1.88. The first-order valence-electron chi connectivity index (χ1n) is 4.35. The second kappa shape index (κ2) is 2.87. The Balaban J connectivity index is 2.26. The molecule has 1 N–H and O–H groups in total. The van der Waals surface area contributed by atoms with Crippen LogP contribution in [0.2, 0.25) is 0 Å². The van der Waals surface area contributed by atoms with E-state index in [0.717, 1.165) is 29.9 Å². The number of nitrogens with zero attached hydrogens (tertiary/aromatic N) is 1. The number of rotatable bonds is 2. The summed E-state index contributed by atoms with van der Waals surface area (Å²) in [6, 6.07) is 0. The Morgan fingerprint density at radius 1 is 1.77 bits per heavy atom. The zero-order valence-electron chi connectivity index (χ0n) is 7.41. The second-order valence-corrected chi connectivity index (χ2v) is 3.44. The number of hydrogen-bond donors (Lipinski definition) is 1. The van der Waals surface area contributed by atoms with Gasteiger partial charge in [0.1, 0.15) is 5.76 Å². The average Bonchev–Trinajstić information content (AvgIpc) is 2.56. The van der Waals surface area contributed by atoms with Crippen LogP contribution in [0.1, 0.15) is 35.8 Å². The van der Waals surface area contributed by atoms with Crippen LogP contribution in [0.3, 0.4) is 0 Å². The minimum absolute atomic E-state index is 0.110. The maximum Gasteiger partial charge on any atom is 0.303 e. The first-order valence-corrected chi connectivity index (χ1v) is 4.35. The second-order valence-electron chi connectivity index (χ2n) is 3.44. The Bertz CT molecular complexity index is 343. The normalized spacial score (nSPS) is 20.2. The van der Waals surface area contributed by atoms with Crippen LogP contribution in [0.4, 0.5) is 0 Å². The van der Waals surface area contributed by atoms with E-state index < -0.39 is 5.97 Å². The van der Waals surface area contributed by atoms with E-state index in [1.54, 1.807) is 0 Å². The Morgan fingerprint density at radius 2 is 2.54 bits per heavy atom. The van der Waals surface area contributed by atoms with E-state index in [0.29, 0.717) is 0 Å². The van der Waals surface area contributed by atoms with Gasteiger partial charge in [-0.15, -0.1) is 0 Å². The van der Waals surface area contributed by atoms with Gasteiger partial charge in [0, 0.05) is 17.9 Å². The number of fused-ring (bicyclic) bond motifs is 1. The van der Waals surface area contributed by atoms with Crippen molar-refractivity contribution in [2.24, 2.45) is 0 Å². The van der Waals surface area contributed by atoms with E-state index >= 15 is 0 Å². The first kappa shape index (κ1) is 8.29. The molecule has 1 aromatic heterocycles. The standard InChI is InChI=1S/C9H11NO3/c1-5-9-6(4-8(11)12)2-3-7(9)13-10-5/h6H,2-4H2,1H3,(H,11,12). The molecule has 4 nitrogen and oxygen atoms in total. The molecule has 0 aliphatic heterocycles. The highest BCUT2D eigenvalue weighted by Gasteiger charge is 2.30. The number of carbonyl (C=O) groups is 1. The summed E-state index contributed by atoms with van der Waals surface area (Å²) in [4.78, 5) is 10.5. The minimum Gasteiger partial charge on any atom is -0.481 e. The molecule has 1 unspecified atom stereocenters. The van der Waals surface area contributed by atoms with E-state index in [1.165, 1.54) is 0 Å². The van der Waals surface area contributed by atoms with Crippen LogP contribution in [0.25, 0.3) is 0 Å². The Kier molecular flexibility index (Phi) is 1.83. The van der Waals surface area contributed by atoms with Gasteiger partial charge in [-0.2, -0.15) is 0 Å². The molecule has 0 aromatic carbocycles. The van der Waals surface area contributed by atoms with Crippen LogP contribution in [0.15, 0.2) is 4.52 Å². The van der Waals surface area contributed by atoms with Crippen LogP contribution < -0.4 is 0 Å². The molecule has 70 valence electrons. The summed E-state index contributed by atoms with van der Waals surface area (Å²) < 4.78 is 5.08. The topological polar surface area (TPSA) is 63.3 Å². The predicted molar refractivity (Wildman–Crippen MR) is 44.6 cm³/mol. The molecule has 2 rings (SSSR count). The number of carboxylic acid groups (broad SMARTS) is 1. The highest BCUT2D eigenvalue weighted by atomic mass is 16.5. The SMILES string of the molecule is Cc1noc2c1C(CC(=O)O)CC2. The van der Waals surface area contributed by atoms with Crippen LogP contribution in [-0.2, 0) is 11.2 Å². The van der Waals surface area contributed by atoms with Crippen molar-refractivity contribution in [3.8, 4) is 0 Å². The number of hydrogen-bond acceptors (Lipinski definition) is 3. The molecular weight excluding hydrogens is 170 g/mol. The molecule has 0 radical (unpaired) electrons. The largest absolute Gasteiger partial charge is 0.481 e. The van der Waals surface area contributed by atoms with Gasteiger partial charge in [0.2, 0.25) is 0 Å². The molecule has 1 aromatic rings. The van der Waals surface area contributed by atoms with Gasteiger partial charge < -0.3 is 9.63 Å². The van der Waals surface area contributed by atoms with Gasteiger partial charge in [0.15, 0.2) is 0 Å². The van der Waals surface area contributed by atoms with Gasteiger partial charge in [0.25, 0.3) is 0 Å². The molecule has 0 amide bonds. The molecule has 4 heteroatoms. The minimum atomic E-state index is -0.751. The smallest absolute Gasteiger partial charge is 0.303 e. The van der Waals surface area contributed by atoms with E-state index in [2.05, 4.69) is 5.16 Å². The van der Waals surface area contributed by atoms with Gasteiger partial charge >= 0.3 is 5.97 Å². The van der Waals surface area contributed by atoms with Crippen molar-refractivity contribution in [1.82, 2.24) is 5.16 Å². The Morgan fingerprint density at radius 3 is 3.23 bits per heavy atom. The Hall–Kier alpha value is -1.32. The fourth-order valence-corrected chi connectivity index (χ4v) is 1.99. The number of carboxylic acids is 1. The van der Waals surface area contributed by atoms with Crippen LogP contribution in [0.5, 0.6) is 0 Å². The zero-order chi connectivity index (χ0) is 9.42. The number of aryl methyl sites for hydroxylation is 2. The third-order valence-electron chi connectivity index (χ3n) is 2.53. The van der Waals surface area contributed by atoms with E-state index in [-0.39, 0.29) is 12.3 Å². The number of aliphatic carboxylic acids is 1.